The van der Waals surface area contributed by atoms with E-state index in [1.807, 2.05) is 30.3 Å². The third-order valence-corrected chi connectivity index (χ3v) is 3.24. The van der Waals surface area contributed by atoms with Crippen LogP contribution in [0.1, 0.15) is 18.0 Å². The minimum absolute atomic E-state index is 0.0230. The molecule has 0 radical (unpaired) electrons. The highest BCUT2D eigenvalue weighted by Gasteiger charge is 2.27. The summed E-state index contributed by atoms with van der Waals surface area (Å²) in [6.07, 6.45) is 0.219. The van der Waals surface area contributed by atoms with Crippen molar-refractivity contribution in [2.24, 2.45) is 10.9 Å². The maximum atomic E-state index is 12.0. The molecule has 0 bridgehead atoms. The quantitative estimate of drug-likeness (QED) is 0.238. The Labute approximate surface area is 119 Å². The first-order valence-electron chi connectivity index (χ1n) is 5.88. The highest BCUT2D eigenvalue weighted by atomic mass is 32.2. The van der Waals surface area contributed by atoms with Crippen LogP contribution in [-0.4, -0.2) is 28.8 Å². The Morgan fingerprint density at radius 3 is 2.55 bits per heavy atom. The predicted octanol–water partition coefficient (Wildman–Crippen LogP) is 2.71. The van der Waals surface area contributed by atoms with Crippen molar-refractivity contribution in [3.05, 3.63) is 35.9 Å². The molecule has 1 unspecified atom stereocenters. The van der Waals surface area contributed by atoms with Gasteiger partial charge in [-0.25, -0.2) is 0 Å². The van der Waals surface area contributed by atoms with E-state index in [4.69, 9.17) is 10.9 Å². The van der Waals surface area contributed by atoms with Crippen molar-refractivity contribution < 1.29 is 18.4 Å². The van der Waals surface area contributed by atoms with Gasteiger partial charge in [0, 0.05) is 24.8 Å². The summed E-state index contributed by atoms with van der Waals surface area (Å²) >= 11 is -0.0780. The summed E-state index contributed by atoms with van der Waals surface area (Å²) in [5.41, 5.74) is 2.10. The maximum absolute atomic E-state index is 12.0. The molecule has 1 rings (SSSR count). The summed E-state index contributed by atoms with van der Waals surface area (Å²) in [6, 6.07) is 8.85. The van der Waals surface area contributed by atoms with Gasteiger partial charge in [-0.15, -0.1) is 0 Å². The molecule has 0 aliphatic rings. The van der Waals surface area contributed by atoms with Crippen molar-refractivity contribution >= 4 is 17.6 Å². The second-order valence-electron chi connectivity index (χ2n) is 4.01. The normalized spacial score (nSPS) is 14.2. The number of hydrogen-bond acceptors (Lipinski definition) is 4. The highest BCUT2D eigenvalue weighted by Crippen LogP contribution is 2.29. The van der Waals surface area contributed by atoms with E-state index in [9.17, 15) is 13.2 Å². The number of nitrogens with two attached hydrogens (primary N) is 1. The summed E-state index contributed by atoms with van der Waals surface area (Å²) in [5.74, 6) is -0.0713. The van der Waals surface area contributed by atoms with Crippen LogP contribution in [0.25, 0.3) is 0 Å². The van der Waals surface area contributed by atoms with Gasteiger partial charge < -0.3 is 16.3 Å². The lowest BCUT2D eigenvalue weighted by Gasteiger charge is -2.18. The molecule has 0 saturated carbocycles. The number of nitrogens with zero attached hydrogens (tertiary/aromatic N) is 1. The van der Waals surface area contributed by atoms with Crippen LogP contribution >= 0.6 is 11.8 Å². The average molecular weight is 307 g/mol. The molecular weight excluding hydrogens is 291 g/mol. The van der Waals surface area contributed by atoms with Gasteiger partial charge in [0.05, 0.1) is 0 Å². The molecule has 1 aromatic carbocycles. The fourth-order valence-electron chi connectivity index (χ4n) is 1.64. The molecule has 112 valence electrons. The summed E-state index contributed by atoms with van der Waals surface area (Å²) in [4.78, 5) is 0. The van der Waals surface area contributed by atoms with Crippen molar-refractivity contribution in [2.45, 2.75) is 18.0 Å². The van der Waals surface area contributed by atoms with E-state index in [-0.39, 0.29) is 42.4 Å². The van der Waals surface area contributed by atoms with E-state index in [0.717, 1.165) is 5.56 Å². The summed E-state index contributed by atoms with van der Waals surface area (Å²) < 4.78 is 36.1. The van der Waals surface area contributed by atoms with Crippen LogP contribution in [-0.2, 0) is 0 Å². The Kier molecular flexibility index (Phi) is 6.66. The summed E-state index contributed by atoms with van der Waals surface area (Å²) in [7, 11) is 0. The van der Waals surface area contributed by atoms with Gasteiger partial charge in [-0.1, -0.05) is 35.5 Å². The number of amidine groups is 1. The van der Waals surface area contributed by atoms with Crippen LogP contribution in [0.4, 0.5) is 13.2 Å². The number of thioether (sulfide) groups is 1. The Morgan fingerprint density at radius 1 is 1.35 bits per heavy atom. The molecule has 0 spiro atoms. The van der Waals surface area contributed by atoms with Gasteiger partial charge in [-0.3, -0.25) is 0 Å². The van der Waals surface area contributed by atoms with Crippen molar-refractivity contribution in [3.63, 3.8) is 0 Å². The predicted molar refractivity (Wildman–Crippen MR) is 73.7 cm³/mol. The SMILES string of the molecule is N/C(CC(NCCSC(F)(F)F)c1ccccc1)=N/O. The molecule has 0 amide bonds. The zero-order chi connectivity index (χ0) is 15.0. The van der Waals surface area contributed by atoms with Gasteiger partial charge in [0.25, 0.3) is 0 Å². The standard InChI is InChI=1S/C12H16F3N3OS/c13-12(14,15)20-7-6-17-10(8-11(16)18-19)9-4-2-1-3-5-9/h1-5,10,17,19H,6-8H2,(H2,16,18). The number of halogens is 3. The zero-order valence-corrected chi connectivity index (χ0v) is 11.4. The summed E-state index contributed by atoms with van der Waals surface area (Å²) in [6.45, 7) is 0.169. The van der Waals surface area contributed by atoms with Crippen molar-refractivity contribution in [3.8, 4) is 0 Å². The third kappa shape index (κ3) is 6.67. The topological polar surface area (TPSA) is 70.6 Å². The van der Waals surface area contributed by atoms with E-state index in [2.05, 4.69) is 10.5 Å². The lowest BCUT2D eigenvalue weighted by Crippen LogP contribution is -2.29. The van der Waals surface area contributed by atoms with Gasteiger partial charge in [-0.05, 0) is 17.3 Å². The van der Waals surface area contributed by atoms with Crippen LogP contribution < -0.4 is 11.1 Å². The molecule has 0 fully saturated rings. The monoisotopic (exact) mass is 307 g/mol. The summed E-state index contributed by atoms with van der Waals surface area (Å²) in [5, 5.41) is 14.5. The van der Waals surface area contributed by atoms with E-state index in [1.54, 1.807) is 0 Å². The molecule has 0 saturated heterocycles. The zero-order valence-electron chi connectivity index (χ0n) is 10.6. The molecular formula is C12H16F3N3OS. The van der Waals surface area contributed by atoms with Crippen LogP contribution in [0.2, 0.25) is 0 Å². The Morgan fingerprint density at radius 2 is 2.00 bits per heavy atom. The molecule has 0 aliphatic heterocycles. The van der Waals surface area contributed by atoms with Crippen molar-refractivity contribution in [1.82, 2.24) is 5.32 Å². The number of nitrogens with one attached hydrogen (secondary N) is 1. The molecule has 8 heteroatoms. The second kappa shape index (κ2) is 8.01. The minimum atomic E-state index is -4.23. The van der Waals surface area contributed by atoms with Gasteiger partial charge in [0.1, 0.15) is 5.84 Å². The molecule has 1 atom stereocenters. The van der Waals surface area contributed by atoms with Gasteiger partial charge in [0.2, 0.25) is 0 Å². The maximum Gasteiger partial charge on any atom is 0.441 e. The molecule has 4 N–H and O–H groups in total. The lowest BCUT2D eigenvalue weighted by molar-refractivity contribution is -0.0327. The number of hydrogen-bond donors (Lipinski definition) is 3. The third-order valence-electron chi connectivity index (χ3n) is 2.50. The molecule has 20 heavy (non-hydrogen) atoms. The number of oxime groups is 1. The largest absolute Gasteiger partial charge is 0.441 e. The van der Waals surface area contributed by atoms with Crippen LogP contribution in [0.3, 0.4) is 0 Å². The molecule has 0 aliphatic carbocycles. The van der Waals surface area contributed by atoms with Crippen molar-refractivity contribution in [1.29, 1.82) is 0 Å². The van der Waals surface area contributed by atoms with Crippen LogP contribution in [0.5, 0.6) is 0 Å². The first kappa shape index (κ1) is 16.6. The smallest absolute Gasteiger partial charge is 0.409 e. The second-order valence-corrected chi connectivity index (χ2v) is 5.17. The van der Waals surface area contributed by atoms with E-state index in [0.29, 0.717) is 0 Å². The van der Waals surface area contributed by atoms with E-state index in [1.165, 1.54) is 0 Å². The molecule has 4 nitrogen and oxygen atoms in total. The van der Waals surface area contributed by atoms with Gasteiger partial charge >= 0.3 is 5.51 Å². The molecule has 1 aromatic rings. The Balaban J connectivity index is 2.56. The van der Waals surface area contributed by atoms with E-state index < -0.39 is 5.51 Å². The van der Waals surface area contributed by atoms with E-state index >= 15 is 0 Å². The van der Waals surface area contributed by atoms with Crippen LogP contribution in [0.15, 0.2) is 35.5 Å². The fraction of sp³-hybridized carbons (Fsp3) is 0.417. The molecule has 0 aromatic heterocycles. The number of rotatable bonds is 7. The highest BCUT2D eigenvalue weighted by molar-refractivity contribution is 8.00. The first-order valence-corrected chi connectivity index (χ1v) is 6.86. The fourth-order valence-corrected chi connectivity index (χ4v) is 2.09. The van der Waals surface area contributed by atoms with Crippen LogP contribution in [0, 0.1) is 0 Å². The number of alkyl halides is 3. The van der Waals surface area contributed by atoms with Gasteiger partial charge in [0.15, 0.2) is 0 Å². The minimum Gasteiger partial charge on any atom is -0.409 e. The Hall–Kier alpha value is -1.41. The first-order chi connectivity index (χ1) is 9.42. The molecule has 0 heterocycles. The van der Waals surface area contributed by atoms with Crippen molar-refractivity contribution in [2.75, 3.05) is 12.3 Å². The lowest BCUT2D eigenvalue weighted by atomic mass is 10.0. The number of benzene rings is 1. The van der Waals surface area contributed by atoms with Gasteiger partial charge in [-0.2, -0.15) is 13.2 Å². The Bertz CT molecular complexity index is 426. The average Bonchev–Trinajstić information content (AvgIpc) is 2.41.